The van der Waals surface area contributed by atoms with Gasteiger partial charge in [-0.2, -0.15) is 0 Å². The molecule has 1 rings (SSSR count). The maximum atomic E-state index is 12.0. The highest BCUT2D eigenvalue weighted by atomic mass is 16.5. The van der Waals surface area contributed by atoms with Crippen molar-refractivity contribution in [2.24, 2.45) is 4.99 Å². The standard InChI is InChI=1S/C21H34N2O4/c1-7-8-21(27-15(4)5)23-17-9-10-20(19(11-17)16(6)24)26-13-18(25)12-22-14(2)3/h9-11,14-15,18,22,25H,7-8,12-13H2,1-6H3. The number of rotatable bonds is 11. The molecular formula is C21H34N2O4. The Morgan fingerprint density at radius 1 is 1.26 bits per heavy atom. The monoisotopic (exact) mass is 378 g/mol. The van der Waals surface area contributed by atoms with Crippen LogP contribution in [0.1, 0.15) is 64.7 Å². The molecule has 1 aromatic rings. The van der Waals surface area contributed by atoms with Crippen molar-refractivity contribution < 1.29 is 19.4 Å². The van der Waals surface area contributed by atoms with E-state index in [-0.39, 0.29) is 24.5 Å². The minimum atomic E-state index is -0.652. The van der Waals surface area contributed by atoms with E-state index < -0.39 is 6.10 Å². The first-order valence-corrected chi connectivity index (χ1v) is 9.66. The zero-order valence-electron chi connectivity index (χ0n) is 17.4. The summed E-state index contributed by atoms with van der Waals surface area (Å²) in [5, 5.41) is 13.1. The molecule has 0 spiro atoms. The van der Waals surface area contributed by atoms with E-state index in [0.29, 0.717) is 29.4 Å². The molecule has 0 radical (unpaired) electrons. The van der Waals surface area contributed by atoms with Gasteiger partial charge in [0.05, 0.1) is 17.4 Å². The lowest BCUT2D eigenvalue weighted by atomic mass is 10.1. The van der Waals surface area contributed by atoms with Crippen LogP contribution in [0.15, 0.2) is 23.2 Å². The topological polar surface area (TPSA) is 80.2 Å². The number of hydrogen-bond donors (Lipinski definition) is 2. The first-order valence-electron chi connectivity index (χ1n) is 9.66. The quantitative estimate of drug-likeness (QED) is 0.347. The van der Waals surface area contributed by atoms with Crippen LogP contribution in [-0.4, -0.2) is 48.2 Å². The van der Waals surface area contributed by atoms with Gasteiger partial charge in [0.25, 0.3) is 0 Å². The molecule has 1 aromatic carbocycles. The number of aliphatic hydroxyl groups is 1. The molecule has 0 aromatic heterocycles. The van der Waals surface area contributed by atoms with Gasteiger partial charge >= 0.3 is 0 Å². The Kier molecular flexibility index (Phi) is 10.0. The van der Waals surface area contributed by atoms with Gasteiger partial charge in [0, 0.05) is 19.0 Å². The molecule has 2 N–H and O–H groups in total. The molecule has 0 aliphatic heterocycles. The molecule has 1 atom stereocenters. The van der Waals surface area contributed by atoms with Crippen LogP contribution < -0.4 is 10.1 Å². The van der Waals surface area contributed by atoms with Crippen molar-refractivity contribution in [3.63, 3.8) is 0 Å². The van der Waals surface area contributed by atoms with Crippen molar-refractivity contribution in [2.75, 3.05) is 13.2 Å². The molecule has 0 aliphatic carbocycles. The van der Waals surface area contributed by atoms with Gasteiger partial charge in [-0.25, -0.2) is 4.99 Å². The lowest BCUT2D eigenvalue weighted by molar-refractivity contribution is 0.0968. The Balaban J connectivity index is 2.92. The van der Waals surface area contributed by atoms with Crippen molar-refractivity contribution in [3.8, 4) is 5.75 Å². The van der Waals surface area contributed by atoms with E-state index in [4.69, 9.17) is 9.47 Å². The second-order valence-corrected chi connectivity index (χ2v) is 7.19. The van der Waals surface area contributed by atoms with Crippen molar-refractivity contribution in [1.29, 1.82) is 0 Å². The van der Waals surface area contributed by atoms with Crippen LogP contribution in [0.5, 0.6) is 5.75 Å². The number of nitrogens with one attached hydrogen (secondary N) is 1. The minimum absolute atomic E-state index is 0.0473. The third-order valence-electron chi connectivity index (χ3n) is 3.62. The third kappa shape index (κ3) is 9.02. The third-order valence-corrected chi connectivity index (χ3v) is 3.62. The molecule has 152 valence electrons. The van der Waals surface area contributed by atoms with Crippen LogP contribution in [0.4, 0.5) is 5.69 Å². The maximum absolute atomic E-state index is 12.0. The Bertz CT molecular complexity index is 627. The van der Waals surface area contributed by atoms with Gasteiger partial charge < -0.3 is 19.9 Å². The molecule has 1 unspecified atom stereocenters. The average Bonchev–Trinajstić information content (AvgIpc) is 2.58. The van der Waals surface area contributed by atoms with E-state index >= 15 is 0 Å². The predicted molar refractivity (Wildman–Crippen MR) is 109 cm³/mol. The maximum Gasteiger partial charge on any atom is 0.188 e. The number of nitrogens with zero attached hydrogens (tertiary/aromatic N) is 1. The fourth-order valence-electron chi connectivity index (χ4n) is 2.38. The first kappa shape index (κ1) is 23.1. The largest absolute Gasteiger partial charge is 0.490 e. The van der Waals surface area contributed by atoms with Gasteiger partial charge in [0.15, 0.2) is 11.7 Å². The van der Waals surface area contributed by atoms with Gasteiger partial charge in [-0.3, -0.25) is 4.79 Å². The van der Waals surface area contributed by atoms with E-state index in [2.05, 4.69) is 17.2 Å². The van der Waals surface area contributed by atoms with Crippen molar-refractivity contribution in [1.82, 2.24) is 5.32 Å². The summed E-state index contributed by atoms with van der Waals surface area (Å²) in [5.74, 6) is 0.997. The molecule has 0 heterocycles. The van der Waals surface area contributed by atoms with Crippen LogP contribution in [0.2, 0.25) is 0 Å². The van der Waals surface area contributed by atoms with Crippen molar-refractivity contribution in [2.45, 2.75) is 72.6 Å². The molecule has 6 heteroatoms. The number of aliphatic imine (C=N–C) groups is 1. The molecule has 0 fully saturated rings. The molecule has 0 saturated heterocycles. The number of aliphatic hydroxyl groups excluding tert-OH is 1. The highest BCUT2D eigenvalue weighted by molar-refractivity contribution is 5.98. The average molecular weight is 379 g/mol. The van der Waals surface area contributed by atoms with Crippen molar-refractivity contribution in [3.05, 3.63) is 23.8 Å². The minimum Gasteiger partial charge on any atom is -0.490 e. The van der Waals surface area contributed by atoms with E-state index in [1.807, 2.05) is 27.7 Å². The second kappa shape index (κ2) is 11.7. The first-order chi connectivity index (χ1) is 12.7. The SMILES string of the molecule is CCCC(=Nc1ccc(OCC(O)CNC(C)C)c(C(C)=O)c1)OC(C)C. The lowest BCUT2D eigenvalue weighted by Crippen LogP contribution is -2.35. The number of hydrogen-bond acceptors (Lipinski definition) is 6. The number of Topliss-reactive ketones (excluding diaryl/α,β-unsaturated/α-hetero) is 1. The smallest absolute Gasteiger partial charge is 0.188 e. The Morgan fingerprint density at radius 2 is 1.96 bits per heavy atom. The molecule has 0 saturated carbocycles. The Morgan fingerprint density at radius 3 is 2.52 bits per heavy atom. The van der Waals surface area contributed by atoms with Crippen LogP contribution in [-0.2, 0) is 4.74 Å². The summed E-state index contributed by atoms with van der Waals surface area (Å²) < 4.78 is 11.4. The van der Waals surface area contributed by atoms with E-state index in [1.54, 1.807) is 18.2 Å². The van der Waals surface area contributed by atoms with Crippen LogP contribution in [0.25, 0.3) is 0 Å². The molecule has 0 aliphatic rings. The highest BCUT2D eigenvalue weighted by Crippen LogP contribution is 2.26. The number of ketones is 1. The molecule has 0 bridgehead atoms. The highest BCUT2D eigenvalue weighted by Gasteiger charge is 2.13. The zero-order valence-corrected chi connectivity index (χ0v) is 17.4. The number of carbonyl (C=O) groups excluding carboxylic acids is 1. The van der Waals surface area contributed by atoms with Crippen molar-refractivity contribution >= 4 is 17.4 Å². The lowest BCUT2D eigenvalue weighted by Gasteiger charge is -2.16. The molecule has 0 amide bonds. The van der Waals surface area contributed by atoms with E-state index in [9.17, 15) is 9.90 Å². The summed E-state index contributed by atoms with van der Waals surface area (Å²) in [6, 6.07) is 5.50. The molecule has 6 nitrogen and oxygen atoms in total. The van der Waals surface area contributed by atoms with Gasteiger partial charge in [-0.15, -0.1) is 0 Å². The number of carbonyl (C=O) groups is 1. The zero-order chi connectivity index (χ0) is 20.4. The summed E-state index contributed by atoms with van der Waals surface area (Å²) in [6.07, 6.45) is 1.06. The summed E-state index contributed by atoms with van der Waals surface area (Å²) in [7, 11) is 0. The molecule has 27 heavy (non-hydrogen) atoms. The number of benzene rings is 1. The van der Waals surface area contributed by atoms with Gasteiger partial charge in [0.1, 0.15) is 18.5 Å². The Hall–Kier alpha value is -1.92. The van der Waals surface area contributed by atoms with E-state index in [0.717, 1.165) is 12.8 Å². The van der Waals surface area contributed by atoms with E-state index in [1.165, 1.54) is 6.92 Å². The van der Waals surface area contributed by atoms with Crippen LogP contribution in [0, 0.1) is 0 Å². The van der Waals surface area contributed by atoms with Crippen LogP contribution in [0.3, 0.4) is 0 Å². The van der Waals surface area contributed by atoms with Crippen LogP contribution >= 0.6 is 0 Å². The summed E-state index contributed by atoms with van der Waals surface area (Å²) in [6.45, 7) is 12.0. The summed E-state index contributed by atoms with van der Waals surface area (Å²) >= 11 is 0. The van der Waals surface area contributed by atoms with Gasteiger partial charge in [-0.1, -0.05) is 20.8 Å². The fourth-order valence-corrected chi connectivity index (χ4v) is 2.38. The predicted octanol–water partition coefficient (Wildman–Crippen LogP) is 3.88. The Labute approximate surface area is 163 Å². The molecular weight excluding hydrogens is 344 g/mol. The number of ether oxygens (including phenoxy) is 2. The summed E-state index contributed by atoms with van der Waals surface area (Å²) in [5.41, 5.74) is 1.10. The second-order valence-electron chi connectivity index (χ2n) is 7.19. The summed E-state index contributed by atoms with van der Waals surface area (Å²) in [4.78, 5) is 16.6. The normalized spacial score (nSPS) is 13.1. The fraction of sp³-hybridized carbons (Fsp3) is 0.619. The van der Waals surface area contributed by atoms with Gasteiger partial charge in [-0.05, 0) is 45.4 Å². The van der Waals surface area contributed by atoms with Gasteiger partial charge in [0.2, 0.25) is 0 Å².